The molecule has 196 valence electrons. The molecule has 11 heteroatoms. The van der Waals surface area contributed by atoms with Crippen LogP contribution in [0.25, 0.3) is 0 Å². The minimum Gasteiger partial charge on any atom is -0.321 e. The SMILES string of the molecule is O=C(Nc1cc(C(F)(F)F)cc(C(F)(F)F)c1)N1CC(N2CCN(CCCc3ccccc3)CC2)C1. The highest BCUT2D eigenvalue weighted by molar-refractivity contribution is 5.90. The van der Waals surface area contributed by atoms with Crippen LogP contribution in [0.1, 0.15) is 23.1 Å². The van der Waals surface area contributed by atoms with Crippen molar-refractivity contribution in [3.8, 4) is 0 Å². The van der Waals surface area contributed by atoms with Gasteiger partial charge in [-0.05, 0) is 43.1 Å². The molecule has 4 rings (SSSR count). The van der Waals surface area contributed by atoms with E-state index in [4.69, 9.17) is 0 Å². The van der Waals surface area contributed by atoms with Gasteiger partial charge in [-0.15, -0.1) is 0 Å². The Morgan fingerprint density at radius 1 is 0.861 bits per heavy atom. The second kappa shape index (κ2) is 10.7. The second-order valence-electron chi connectivity index (χ2n) is 9.25. The van der Waals surface area contributed by atoms with Crippen LogP contribution in [-0.2, 0) is 18.8 Å². The van der Waals surface area contributed by atoms with Crippen molar-refractivity contribution in [2.45, 2.75) is 31.2 Å². The number of hydrogen-bond acceptors (Lipinski definition) is 3. The van der Waals surface area contributed by atoms with Crippen molar-refractivity contribution >= 4 is 11.7 Å². The van der Waals surface area contributed by atoms with Crippen LogP contribution >= 0.6 is 0 Å². The lowest BCUT2D eigenvalue weighted by molar-refractivity contribution is -0.143. The van der Waals surface area contributed by atoms with Crippen molar-refractivity contribution in [1.82, 2.24) is 14.7 Å². The Labute approximate surface area is 205 Å². The van der Waals surface area contributed by atoms with Gasteiger partial charge in [0.15, 0.2) is 0 Å². The summed E-state index contributed by atoms with van der Waals surface area (Å²) in [4.78, 5) is 18.5. The van der Waals surface area contributed by atoms with Gasteiger partial charge in [0.2, 0.25) is 0 Å². The molecule has 0 aliphatic carbocycles. The van der Waals surface area contributed by atoms with Crippen molar-refractivity contribution in [2.24, 2.45) is 0 Å². The number of likely N-dealkylation sites (tertiary alicyclic amines) is 1. The van der Waals surface area contributed by atoms with E-state index in [9.17, 15) is 31.1 Å². The van der Waals surface area contributed by atoms with Crippen molar-refractivity contribution in [1.29, 1.82) is 0 Å². The first-order valence-electron chi connectivity index (χ1n) is 11.8. The number of amides is 2. The molecule has 36 heavy (non-hydrogen) atoms. The number of aryl methyl sites for hydroxylation is 1. The Kier molecular flexibility index (Phi) is 7.79. The van der Waals surface area contributed by atoms with E-state index in [1.165, 1.54) is 10.5 Å². The molecule has 2 fully saturated rings. The molecular formula is C25H28F6N4O. The molecule has 2 aliphatic rings. The Bertz CT molecular complexity index is 997. The Morgan fingerprint density at radius 3 is 2.00 bits per heavy atom. The second-order valence-corrected chi connectivity index (χ2v) is 9.25. The summed E-state index contributed by atoms with van der Waals surface area (Å²) in [6.45, 7) is 5.32. The Hall–Kier alpha value is -2.79. The molecular weight excluding hydrogens is 486 g/mol. The maximum Gasteiger partial charge on any atom is 0.416 e. The predicted octanol–water partition coefficient (Wildman–Crippen LogP) is 5.19. The van der Waals surface area contributed by atoms with Crippen LogP contribution in [0.2, 0.25) is 0 Å². The molecule has 2 saturated heterocycles. The molecule has 0 bridgehead atoms. The zero-order valence-electron chi connectivity index (χ0n) is 19.6. The van der Waals surface area contributed by atoms with E-state index in [0.29, 0.717) is 25.2 Å². The van der Waals surface area contributed by atoms with Crippen LogP contribution in [0.4, 0.5) is 36.8 Å². The lowest BCUT2D eigenvalue weighted by Gasteiger charge is -2.48. The number of anilines is 1. The highest BCUT2D eigenvalue weighted by atomic mass is 19.4. The van der Waals surface area contributed by atoms with Crippen molar-refractivity contribution < 1.29 is 31.1 Å². The third kappa shape index (κ3) is 6.70. The summed E-state index contributed by atoms with van der Waals surface area (Å²) < 4.78 is 78.2. The van der Waals surface area contributed by atoms with E-state index in [2.05, 4.69) is 27.2 Å². The third-order valence-electron chi connectivity index (χ3n) is 6.69. The summed E-state index contributed by atoms with van der Waals surface area (Å²) in [5.74, 6) is 0. The van der Waals surface area contributed by atoms with Crippen LogP contribution < -0.4 is 5.32 Å². The highest BCUT2D eigenvalue weighted by Gasteiger charge is 2.39. The fourth-order valence-corrected chi connectivity index (χ4v) is 4.59. The predicted molar refractivity (Wildman–Crippen MR) is 124 cm³/mol. The maximum atomic E-state index is 13.0. The van der Waals surface area contributed by atoms with E-state index in [0.717, 1.165) is 45.6 Å². The number of halogens is 6. The number of nitrogens with zero attached hydrogens (tertiary/aromatic N) is 3. The van der Waals surface area contributed by atoms with E-state index < -0.39 is 35.2 Å². The first kappa shape index (κ1) is 26.3. The van der Waals surface area contributed by atoms with Crippen molar-refractivity contribution in [2.75, 3.05) is 51.1 Å². The highest BCUT2D eigenvalue weighted by Crippen LogP contribution is 2.37. The lowest BCUT2D eigenvalue weighted by atomic mass is 10.1. The molecule has 0 radical (unpaired) electrons. The zero-order valence-corrected chi connectivity index (χ0v) is 19.6. The Morgan fingerprint density at radius 2 is 1.44 bits per heavy atom. The molecule has 5 nitrogen and oxygen atoms in total. The van der Waals surface area contributed by atoms with Gasteiger partial charge in [0.05, 0.1) is 11.1 Å². The number of carbonyl (C=O) groups is 1. The summed E-state index contributed by atoms with van der Waals surface area (Å²) in [6.07, 6.45) is -7.82. The quantitative estimate of drug-likeness (QED) is 0.540. The molecule has 0 spiro atoms. The van der Waals surface area contributed by atoms with Crippen LogP contribution in [0.5, 0.6) is 0 Å². The molecule has 2 aromatic rings. The molecule has 2 heterocycles. The summed E-state index contributed by atoms with van der Waals surface area (Å²) in [5.41, 5.74) is -2.13. The standard InChI is InChI=1S/C25H28F6N4O/c26-24(27,28)19-13-20(25(29,30)31)15-21(14-19)32-23(36)35-16-22(17-35)34-11-9-33(10-12-34)8-4-7-18-5-2-1-3-6-18/h1-3,5-6,13-15,22H,4,7-12,16-17H2,(H,32,36). The molecule has 0 atom stereocenters. The van der Waals surface area contributed by atoms with E-state index in [1.54, 1.807) is 0 Å². The van der Waals surface area contributed by atoms with Gasteiger partial charge in [-0.3, -0.25) is 4.90 Å². The zero-order chi connectivity index (χ0) is 25.9. The van der Waals surface area contributed by atoms with Crippen LogP contribution in [0.15, 0.2) is 48.5 Å². The van der Waals surface area contributed by atoms with Gasteiger partial charge in [-0.25, -0.2) is 4.79 Å². The van der Waals surface area contributed by atoms with E-state index in [-0.39, 0.29) is 12.1 Å². The van der Waals surface area contributed by atoms with Gasteiger partial charge in [0.1, 0.15) is 0 Å². The molecule has 2 amide bonds. The number of alkyl halides is 6. The van der Waals surface area contributed by atoms with E-state index >= 15 is 0 Å². The van der Waals surface area contributed by atoms with Gasteiger partial charge < -0.3 is 15.1 Å². The molecule has 0 saturated carbocycles. The number of benzene rings is 2. The summed E-state index contributed by atoms with van der Waals surface area (Å²) >= 11 is 0. The van der Waals surface area contributed by atoms with E-state index in [1.807, 2.05) is 18.2 Å². The molecule has 1 N–H and O–H groups in total. The van der Waals surface area contributed by atoms with Gasteiger partial charge >= 0.3 is 18.4 Å². The average molecular weight is 515 g/mol. The number of rotatable bonds is 6. The molecule has 2 aliphatic heterocycles. The van der Waals surface area contributed by atoms with Crippen LogP contribution in [0, 0.1) is 0 Å². The minimum atomic E-state index is -4.97. The van der Waals surface area contributed by atoms with Crippen LogP contribution in [0.3, 0.4) is 0 Å². The Balaban J connectivity index is 1.22. The summed E-state index contributed by atoms with van der Waals surface area (Å²) in [7, 11) is 0. The number of nitrogens with one attached hydrogen (secondary N) is 1. The normalized spacial score (nSPS) is 18.2. The maximum absolute atomic E-state index is 13.0. The van der Waals surface area contributed by atoms with Gasteiger partial charge in [0, 0.05) is 51.0 Å². The number of piperazine rings is 1. The number of hydrogen-bond donors (Lipinski definition) is 1. The fourth-order valence-electron chi connectivity index (χ4n) is 4.59. The van der Waals surface area contributed by atoms with Crippen LogP contribution in [-0.4, -0.2) is 72.6 Å². The summed E-state index contributed by atoms with van der Waals surface area (Å²) in [5, 5.41) is 2.20. The molecule has 2 aromatic carbocycles. The van der Waals surface area contributed by atoms with Gasteiger partial charge in [-0.2, -0.15) is 26.3 Å². The first-order valence-corrected chi connectivity index (χ1v) is 11.8. The molecule has 0 unspecified atom stereocenters. The summed E-state index contributed by atoms with van der Waals surface area (Å²) in [6, 6.07) is 10.8. The van der Waals surface area contributed by atoms with Crippen molar-refractivity contribution in [3.63, 3.8) is 0 Å². The van der Waals surface area contributed by atoms with Crippen molar-refractivity contribution in [3.05, 3.63) is 65.2 Å². The third-order valence-corrected chi connectivity index (χ3v) is 6.69. The number of carbonyl (C=O) groups excluding carboxylic acids is 1. The lowest BCUT2D eigenvalue weighted by Crippen LogP contribution is -2.64. The minimum absolute atomic E-state index is 0.0383. The first-order chi connectivity index (χ1) is 17.0. The largest absolute Gasteiger partial charge is 0.416 e. The molecule has 0 aromatic heterocycles. The smallest absolute Gasteiger partial charge is 0.321 e. The fraction of sp³-hybridized carbons (Fsp3) is 0.480. The number of urea groups is 1. The van der Waals surface area contributed by atoms with Gasteiger partial charge in [-0.1, -0.05) is 30.3 Å². The monoisotopic (exact) mass is 514 g/mol. The average Bonchev–Trinajstić information content (AvgIpc) is 2.78. The topological polar surface area (TPSA) is 38.8 Å². The van der Waals surface area contributed by atoms with Gasteiger partial charge in [0.25, 0.3) is 0 Å².